The molecule has 0 aliphatic rings. The van der Waals surface area contributed by atoms with Crippen LogP contribution >= 0.6 is 11.6 Å². The molecular weight excluding hydrogens is 264 g/mol. The Bertz CT molecular complexity index is 652. The van der Waals surface area contributed by atoms with Gasteiger partial charge in [0.1, 0.15) is 5.82 Å². The molecule has 3 N–H and O–H groups in total. The zero-order chi connectivity index (χ0) is 13.8. The number of anilines is 3. The summed E-state index contributed by atoms with van der Waals surface area (Å²) in [4.78, 5) is 4.18. The highest BCUT2D eigenvalue weighted by Gasteiger charge is 2.06. The molecule has 0 fully saturated rings. The van der Waals surface area contributed by atoms with Crippen LogP contribution in [0.1, 0.15) is 5.56 Å². The van der Waals surface area contributed by atoms with Crippen molar-refractivity contribution in [3.63, 3.8) is 0 Å². The Kier molecular flexibility index (Phi) is 3.74. The number of nitriles is 1. The molecule has 0 spiro atoms. The van der Waals surface area contributed by atoms with E-state index in [9.17, 15) is 0 Å². The SMILES string of the molecule is COc1nc(Nc2cc(C#N)ccc2Cl)ccc1N. The first-order chi connectivity index (χ1) is 9.13. The van der Waals surface area contributed by atoms with Crippen LogP contribution in [0.5, 0.6) is 5.88 Å². The zero-order valence-electron chi connectivity index (χ0n) is 10.1. The second-order valence-electron chi connectivity index (χ2n) is 3.73. The van der Waals surface area contributed by atoms with Crippen LogP contribution in [0.15, 0.2) is 30.3 Å². The first kappa shape index (κ1) is 13.0. The molecule has 0 amide bonds. The van der Waals surface area contributed by atoms with Crippen molar-refractivity contribution in [2.75, 3.05) is 18.2 Å². The molecule has 2 rings (SSSR count). The molecule has 0 radical (unpaired) electrons. The van der Waals surface area contributed by atoms with Gasteiger partial charge in [0.05, 0.1) is 35.1 Å². The lowest BCUT2D eigenvalue weighted by Gasteiger charge is -2.10. The molecule has 96 valence electrons. The van der Waals surface area contributed by atoms with Gasteiger partial charge in [0.2, 0.25) is 5.88 Å². The topological polar surface area (TPSA) is 84.0 Å². The van der Waals surface area contributed by atoms with Gasteiger partial charge in [0.25, 0.3) is 0 Å². The van der Waals surface area contributed by atoms with Gasteiger partial charge in [-0.3, -0.25) is 0 Å². The first-order valence-corrected chi connectivity index (χ1v) is 5.79. The Labute approximate surface area is 115 Å². The van der Waals surface area contributed by atoms with Crippen molar-refractivity contribution in [2.45, 2.75) is 0 Å². The number of hydrogen-bond donors (Lipinski definition) is 2. The standard InChI is InChI=1S/C13H11ClN4O/c1-19-13-10(16)4-5-12(18-13)17-11-6-8(7-15)2-3-9(11)14/h2-6H,16H2,1H3,(H,17,18). The molecule has 0 aliphatic carbocycles. The summed E-state index contributed by atoms with van der Waals surface area (Å²) in [5, 5.41) is 12.4. The van der Waals surface area contributed by atoms with E-state index in [2.05, 4.69) is 10.3 Å². The maximum absolute atomic E-state index is 8.86. The molecule has 1 aromatic heterocycles. The van der Waals surface area contributed by atoms with Gasteiger partial charge >= 0.3 is 0 Å². The van der Waals surface area contributed by atoms with E-state index in [1.807, 2.05) is 6.07 Å². The monoisotopic (exact) mass is 274 g/mol. The number of nitrogens with two attached hydrogens (primary N) is 1. The quantitative estimate of drug-likeness (QED) is 0.899. The van der Waals surface area contributed by atoms with Gasteiger partial charge in [-0.1, -0.05) is 11.6 Å². The van der Waals surface area contributed by atoms with Crippen LogP contribution < -0.4 is 15.8 Å². The number of halogens is 1. The molecule has 0 saturated carbocycles. The summed E-state index contributed by atoms with van der Waals surface area (Å²) in [5.41, 5.74) is 7.24. The molecule has 0 bridgehead atoms. The van der Waals surface area contributed by atoms with E-state index in [-0.39, 0.29) is 0 Å². The fourth-order valence-electron chi connectivity index (χ4n) is 1.51. The minimum atomic E-state index is 0.331. The Balaban J connectivity index is 2.33. The fourth-order valence-corrected chi connectivity index (χ4v) is 1.68. The van der Waals surface area contributed by atoms with Gasteiger partial charge in [-0.2, -0.15) is 10.2 Å². The molecule has 0 aliphatic heterocycles. The molecule has 6 heteroatoms. The zero-order valence-corrected chi connectivity index (χ0v) is 10.9. The molecule has 19 heavy (non-hydrogen) atoms. The molecule has 1 heterocycles. The largest absolute Gasteiger partial charge is 0.479 e. The van der Waals surface area contributed by atoms with Gasteiger partial charge in [0.15, 0.2) is 0 Å². The maximum atomic E-state index is 8.86. The average molecular weight is 275 g/mol. The summed E-state index contributed by atoms with van der Waals surface area (Å²) in [7, 11) is 1.49. The third kappa shape index (κ3) is 2.87. The number of methoxy groups -OCH3 is 1. The number of nitrogens with one attached hydrogen (secondary N) is 1. The van der Waals surface area contributed by atoms with Crippen molar-refractivity contribution in [1.29, 1.82) is 5.26 Å². The number of rotatable bonds is 3. The number of pyridine rings is 1. The third-order valence-electron chi connectivity index (χ3n) is 2.44. The lowest BCUT2D eigenvalue weighted by Crippen LogP contribution is -2.00. The predicted molar refractivity (Wildman–Crippen MR) is 74.7 cm³/mol. The number of hydrogen-bond acceptors (Lipinski definition) is 5. The lowest BCUT2D eigenvalue weighted by atomic mass is 10.2. The summed E-state index contributed by atoms with van der Waals surface area (Å²) in [5.74, 6) is 0.862. The first-order valence-electron chi connectivity index (χ1n) is 5.41. The van der Waals surface area contributed by atoms with Crippen molar-refractivity contribution < 1.29 is 4.74 Å². The minimum absolute atomic E-state index is 0.331. The minimum Gasteiger partial charge on any atom is -0.479 e. The number of nitrogens with zero attached hydrogens (tertiary/aromatic N) is 2. The molecule has 0 atom stereocenters. The normalized spacial score (nSPS) is 9.74. The van der Waals surface area contributed by atoms with Crippen LogP contribution in [0.4, 0.5) is 17.2 Å². The van der Waals surface area contributed by atoms with Crippen LogP contribution in [-0.2, 0) is 0 Å². The molecule has 1 aromatic carbocycles. The van der Waals surface area contributed by atoms with E-state index in [1.165, 1.54) is 7.11 Å². The van der Waals surface area contributed by atoms with Gasteiger partial charge in [-0.05, 0) is 30.3 Å². The van der Waals surface area contributed by atoms with Crippen molar-refractivity contribution >= 4 is 28.8 Å². The van der Waals surface area contributed by atoms with Crippen LogP contribution in [0.2, 0.25) is 5.02 Å². The average Bonchev–Trinajstić information content (AvgIpc) is 2.43. The van der Waals surface area contributed by atoms with E-state index >= 15 is 0 Å². The van der Waals surface area contributed by atoms with Crippen LogP contribution in [0, 0.1) is 11.3 Å². The van der Waals surface area contributed by atoms with Crippen LogP contribution in [0.25, 0.3) is 0 Å². The second kappa shape index (κ2) is 5.46. The Hall–Kier alpha value is -2.45. The highest BCUT2D eigenvalue weighted by molar-refractivity contribution is 6.33. The highest BCUT2D eigenvalue weighted by atomic mass is 35.5. The Morgan fingerprint density at radius 1 is 1.37 bits per heavy atom. The number of nitrogen functional groups attached to an aromatic ring is 1. The van der Waals surface area contributed by atoms with E-state index < -0.39 is 0 Å². The van der Waals surface area contributed by atoms with E-state index in [1.54, 1.807) is 30.3 Å². The molecule has 0 unspecified atom stereocenters. The van der Waals surface area contributed by atoms with Crippen LogP contribution in [0.3, 0.4) is 0 Å². The second-order valence-corrected chi connectivity index (χ2v) is 4.13. The summed E-state index contributed by atoms with van der Waals surface area (Å²) in [6, 6.07) is 10.4. The third-order valence-corrected chi connectivity index (χ3v) is 2.77. The van der Waals surface area contributed by atoms with Crippen molar-refractivity contribution in [2.24, 2.45) is 0 Å². The summed E-state index contributed by atoms with van der Waals surface area (Å²) in [6.07, 6.45) is 0. The lowest BCUT2D eigenvalue weighted by molar-refractivity contribution is 0.401. The van der Waals surface area contributed by atoms with E-state index in [4.69, 9.17) is 27.3 Å². The van der Waals surface area contributed by atoms with Crippen molar-refractivity contribution in [3.05, 3.63) is 40.9 Å². The summed E-state index contributed by atoms with van der Waals surface area (Å²) < 4.78 is 5.04. The molecule has 5 nitrogen and oxygen atoms in total. The number of aromatic nitrogens is 1. The van der Waals surface area contributed by atoms with E-state index in [0.717, 1.165) is 0 Å². The van der Waals surface area contributed by atoms with Gasteiger partial charge in [0, 0.05) is 0 Å². The summed E-state index contributed by atoms with van der Waals surface area (Å²) in [6.45, 7) is 0. The maximum Gasteiger partial charge on any atom is 0.238 e. The molecule has 0 saturated heterocycles. The van der Waals surface area contributed by atoms with Crippen molar-refractivity contribution in [3.8, 4) is 11.9 Å². The molecular formula is C13H11ClN4O. The van der Waals surface area contributed by atoms with Crippen LogP contribution in [-0.4, -0.2) is 12.1 Å². The number of benzene rings is 1. The van der Waals surface area contributed by atoms with Crippen molar-refractivity contribution in [1.82, 2.24) is 4.98 Å². The Morgan fingerprint density at radius 2 is 2.16 bits per heavy atom. The highest BCUT2D eigenvalue weighted by Crippen LogP contribution is 2.27. The van der Waals surface area contributed by atoms with Gasteiger partial charge in [-0.25, -0.2) is 0 Å². The Morgan fingerprint density at radius 3 is 2.84 bits per heavy atom. The van der Waals surface area contributed by atoms with E-state index in [0.29, 0.717) is 33.7 Å². The summed E-state index contributed by atoms with van der Waals surface area (Å²) >= 11 is 6.05. The van der Waals surface area contributed by atoms with Gasteiger partial charge < -0.3 is 15.8 Å². The predicted octanol–water partition coefficient (Wildman–Crippen LogP) is 2.94. The number of ether oxygens (including phenoxy) is 1. The van der Waals surface area contributed by atoms with Gasteiger partial charge in [-0.15, -0.1) is 0 Å². The molecule has 2 aromatic rings. The smallest absolute Gasteiger partial charge is 0.238 e. The fraction of sp³-hybridized carbons (Fsp3) is 0.0769.